The van der Waals surface area contributed by atoms with Crippen molar-refractivity contribution in [1.29, 1.82) is 5.41 Å². The Labute approximate surface area is 869 Å². The Morgan fingerprint density at radius 2 is 0.766 bits per heavy atom. The number of alkyl halides is 6. The third kappa shape index (κ3) is 38.5. The zero-order chi connectivity index (χ0) is 102. The van der Waals surface area contributed by atoms with Gasteiger partial charge >= 0.3 is 48.6 Å². The summed E-state index contributed by atoms with van der Waals surface area (Å²) in [4.78, 5) is 65.0. The van der Waals surface area contributed by atoms with Crippen molar-refractivity contribution >= 4 is 189 Å². The number of nitrogens with two attached hydrogens (primary N) is 1. The summed E-state index contributed by atoms with van der Waals surface area (Å²) >= 11 is 36.4. The van der Waals surface area contributed by atoms with Crippen molar-refractivity contribution in [3.05, 3.63) is 332 Å². The molecule has 0 amide bonds. The first-order valence-electron chi connectivity index (χ1n) is 40.2. The quantitative estimate of drug-likeness (QED) is 0.00590. The van der Waals surface area contributed by atoms with Crippen LogP contribution in [0.3, 0.4) is 0 Å². The molecule has 1 fully saturated rings. The number of ether oxygens (including phenoxy) is 3. The number of imidazole rings is 3. The number of aromatic carboxylic acids is 1. The molecule has 0 saturated carbocycles. The fourth-order valence-electron chi connectivity index (χ4n) is 12.2. The number of carboxylic acids is 2. The van der Waals surface area contributed by atoms with Gasteiger partial charge in [0.1, 0.15) is 46.3 Å². The van der Waals surface area contributed by atoms with Gasteiger partial charge in [-0.1, -0.05) is 204 Å². The number of aryl methyl sites for hydroxylation is 3. The summed E-state index contributed by atoms with van der Waals surface area (Å²) in [6.45, 7) is 3.08. The number of nitrogens with one attached hydrogen (secondary N) is 4. The molecule has 1 aliphatic rings. The van der Waals surface area contributed by atoms with Crippen LogP contribution in [0.15, 0.2) is 259 Å². The van der Waals surface area contributed by atoms with E-state index in [1.807, 2.05) is 73.8 Å². The minimum absolute atomic E-state index is 0. The Bertz CT molecular complexity index is 6560. The molecule has 29 nitrogen and oxygen atoms in total. The van der Waals surface area contributed by atoms with E-state index in [1.165, 1.54) is 129 Å². The Morgan fingerprint density at radius 3 is 1.06 bits per heavy atom. The molecular formula is C97H100BBrCl6F6N13NaO16. The number of hydrogen-bond donors (Lipinski definition) is 10. The summed E-state index contributed by atoms with van der Waals surface area (Å²) in [7, 11) is 12.4. The van der Waals surface area contributed by atoms with E-state index in [9.17, 15) is 56.2 Å². The zero-order valence-electron chi connectivity index (χ0n) is 76.0. The number of carboxylic acid groups (broad SMARTS) is 2. The van der Waals surface area contributed by atoms with Gasteiger partial charge in [0, 0.05) is 86.1 Å². The van der Waals surface area contributed by atoms with Crippen LogP contribution in [0.1, 0.15) is 61.7 Å². The maximum Gasteiger partial charge on any atom is 1.00 e. The molecular weight excluding hydrogens is 2040 g/mol. The number of aliphatic carboxylic acids is 1. The fourth-order valence-corrected chi connectivity index (χ4v) is 13.3. The van der Waals surface area contributed by atoms with Gasteiger partial charge in [-0.05, 0) is 213 Å². The van der Waals surface area contributed by atoms with E-state index in [-0.39, 0.29) is 114 Å². The smallest absolute Gasteiger partial charge is 0.870 e. The van der Waals surface area contributed by atoms with E-state index < -0.39 is 42.5 Å². The average molecular weight is 2140 g/mol. The Hall–Kier alpha value is -12.4. The van der Waals surface area contributed by atoms with Crippen molar-refractivity contribution in [3.63, 3.8) is 0 Å². The number of rotatable bonds is 13. The third-order valence-electron chi connectivity index (χ3n) is 19.0. The van der Waals surface area contributed by atoms with Crippen molar-refractivity contribution in [1.82, 2.24) is 28.7 Å². The molecule has 0 radical (unpaired) electrons. The normalized spacial score (nSPS) is 10.6. The van der Waals surface area contributed by atoms with Crippen LogP contribution in [0.4, 0.5) is 60.5 Å². The van der Waals surface area contributed by atoms with Gasteiger partial charge in [-0.2, -0.15) is 0 Å². The number of hydrogen-bond acceptors (Lipinski definition) is 22. The number of fused-ring (bicyclic) bond motifs is 3. The maximum atomic E-state index is 13.0. The van der Waals surface area contributed by atoms with E-state index in [2.05, 4.69) is 51.6 Å². The van der Waals surface area contributed by atoms with E-state index in [0.717, 1.165) is 105 Å². The van der Waals surface area contributed by atoms with Crippen LogP contribution in [0, 0.1) is 60.5 Å². The zero-order valence-corrected chi connectivity index (χ0v) is 84.1. The SMILES string of the molecule is C.C.C1CCOC1.CC(=O)O.CNc1ccc(-c2ccc(F)cc2)cc1N.CNc1ccc(-c2ccc(F)cc2)cc1[N+](=O)[O-].CNc1ccc(Br)cc1[N+](=O)[O-].CO.COC(=N)C(Cl)(Cl)Cl.COC(=O)c1nc2cc(-c3ccc(F)cc3)ccc2n1C.Cn1c(C(=O)O)nc2cc(-c3ccc(F)cc3)ccc21.Cn1c(C(Cl)(Cl)Cl)nc2cc(-c3ccc(F)cc3)ccc21.OB(O)c1ccc(F)cc1.[Na+].[OH-]. The second-order valence-electron chi connectivity index (χ2n) is 28.2. The van der Waals surface area contributed by atoms with Gasteiger partial charge in [-0.25, -0.2) is 50.9 Å². The molecule has 0 spiro atoms. The minimum atomic E-state index is -1.71. The minimum Gasteiger partial charge on any atom is -0.870 e. The molecule has 12 aromatic carbocycles. The van der Waals surface area contributed by atoms with Crippen LogP contribution < -0.4 is 56.7 Å². The second kappa shape index (κ2) is 60.7. The first-order chi connectivity index (χ1) is 64.9. The molecule has 0 atom stereocenters. The van der Waals surface area contributed by atoms with Gasteiger partial charge in [0.15, 0.2) is 5.82 Å². The number of aliphatic hydroxyl groups excluding tert-OH is 1. The van der Waals surface area contributed by atoms with Gasteiger partial charge in [0.2, 0.25) is 21.3 Å². The molecule has 0 unspecified atom stereocenters. The van der Waals surface area contributed by atoms with E-state index >= 15 is 0 Å². The van der Waals surface area contributed by atoms with Crippen LogP contribution in [-0.4, -0.2) is 160 Å². The molecule has 15 aromatic rings. The predicted molar refractivity (Wildman–Crippen MR) is 548 cm³/mol. The summed E-state index contributed by atoms with van der Waals surface area (Å²) in [5.41, 5.74) is 22.0. The first kappa shape index (κ1) is 125. The van der Waals surface area contributed by atoms with Crippen LogP contribution >= 0.6 is 85.5 Å². The fraction of sp³-hybridized carbons (Fsp3) is 0.186. The van der Waals surface area contributed by atoms with Crippen molar-refractivity contribution in [3.8, 4) is 55.6 Å². The molecule has 1 saturated heterocycles. The number of nitrogen functional groups attached to an aromatic ring is 1. The number of halogens is 13. The summed E-state index contributed by atoms with van der Waals surface area (Å²) in [5.74, 6) is -3.92. The number of aliphatic hydroxyl groups is 1. The van der Waals surface area contributed by atoms with E-state index in [4.69, 9.17) is 120 Å². The molecule has 16 rings (SSSR count). The van der Waals surface area contributed by atoms with Gasteiger partial charge in [-0.3, -0.25) is 30.4 Å². The first-order valence-corrected chi connectivity index (χ1v) is 43.2. The Kier molecular flexibility index (Phi) is 53.6. The molecule has 0 bridgehead atoms. The van der Waals surface area contributed by atoms with Gasteiger partial charge in [0.05, 0.1) is 68.5 Å². The van der Waals surface area contributed by atoms with Crippen LogP contribution in [0.5, 0.6) is 0 Å². The molecule has 3 aromatic heterocycles. The number of carbonyl (C=O) groups excluding carboxylic acids is 1. The summed E-state index contributed by atoms with van der Waals surface area (Å²) < 4.78 is 93.0. The van der Waals surface area contributed by atoms with Crippen molar-refractivity contribution < 1.29 is 125 Å². The topological polar surface area (TPSA) is 436 Å². The van der Waals surface area contributed by atoms with Crippen LogP contribution in [-0.2, 0) is 43.9 Å². The second-order valence-corrected chi connectivity index (χ2v) is 33.7. The largest absolute Gasteiger partial charge is 1.00 e. The molecule has 44 heteroatoms. The Morgan fingerprint density at radius 1 is 0.475 bits per heavy atom. The summed E-state index contributed by atoms with van der Waals surface area (Å²) in [6, 6.07) is 68.2. The number of methoxy groups -OCH3 is 2. The number of esters is 1. The standard InChI is InChI=1S/C16H13FN2O2.C15H10Cl3FN2.C15H11FN2O2.C13H11FN2O2.C13H13FN2.C7H7BrN2O2.C6H6BFO2.C4H8O.C3H4Cl3NO.C2H4O2.CH4O.2CH4.Na.H2O/c1-19-14-8-5-11(10-3-6-12(17)7-4-10)9-13(14)18-15(19)16(20)21-2;1-21-13-7-4-10(9-2-5-11(19)6-3-9)8-12(13)20-14(21)15(16,17)18;1-18-13-7-4-10(9-2-5-11(16)6-3-9)8-12(13)17-14(18)15(19)20;1-15-12-7-4-10(8-13(12)16(17)18)9-2-5-11(14)6-3-9;1-16-13-7-4-10(8-12(13)15)9-2-5-11(14)6-3-9;1-9-6-3-2-5(8)4-7(6)10(11)12;8-6-3-1-5(2-4-6)7(9)10;1-2-4-5-3-1;1-8-2(7)3(4,5)6;1-2(3)4;1-2;;;;/h3-9H,1-2H3;2-8H,1H3;2-8H,1H3,(H,19,20);2-8,15H,1H3;2-8,16H,15H2,1H3;2-4,9H,1H3;1-4,9-10H;1-4H2;7H,1H3;1H3,(H,3,4);2H,1H3;2*1H4;;1H2/q;;;;;;;;;;;;;+1;/p-1. The summed E-state index contributed by atoms with van der Waals surface area (Å²) in [6.07, 6.45) is 2.56. The Balaban J connectivity index is 0.000000541. The van der Waals surface area contributed by atoms with E-state index in [0.29, 0.717) is 49.4 Å². The monoisotopic (exact) mass is 2140 g/mol. The molecule has 141 heavy (non-hydrogen) atoms. The molecule has 4 heterocycles. The van der Waals surface area contributed by atoms with Gasteiger partial charge in [-0.15, -0.1) is 0 Å². The molecule has 1 aliphatic heterocycles. The summed E-state index contributed by atoms with van der Waals surface area (Å²) in [5, 5.41) is 77.2. The van der Waals surface area contributed by atoms with Crippen LogP contribution in [0.25, 0.3) is 88.7 Å². The van der Waals surface area contributed by atoms with Gasteiger partial charge < -0.3 is 80.4 Å². The van der Waals surface area contributed by atoms with Crippen molar-refractivity contribution in [2.45, 2.75) is 42.2 Å². The molecule has 744 valence electrons. The number of anilines is 4. The molecule has 12 N–H and O–H groups in total. The number of benzene rings is 12. The van der Waals surface area contributed by atoms with Crippen LogP contribution in [0.2, 0.25) is 0 Å². The third-order valence-corrected chi connectivity index (χ3v) is 20.5. The van der Waals surface area contributed by atoms with Crippen molar-refractivity contribution in [2.75, 3.05) is 77.4 Å². The van der Waals surface area contributed by atoms with Crippen molar-refractivity contribution in [2.24, 2.45) is 21.1 Å². The number of aromatic nitrogens is 6. The number of nitrogens with zero attached hydrogens (tertiary/aromatic N) is 8. The van der Waals surface area contributed by atoms with E-state index in [1.54, 1.807) is 135 Å². The predicted octanol–water partition coefficient (Wildman–Crippen LogP) is 20.5. The van der Waals surface area contributed by atoms with Gasteiger partial charge in [0.25, 0.3) is 21.1 Å². The number of carbonyl (C=O) groups is 3. The average Bonchev–Trinajstić information content (AvgIpc) is 1.63. The number of nitro benzene ring substituents is 2. The molecule has 0 aliphatic carbocycles. The number of nitro groups is 2. The maximum absolute atomic E-state index is 13.0.